The number of rotatable bonds is 3. The number of hydrogen-bond donors (Lipinski definition) is 1. The molecule has 0 aliphatic heterocycles. The maximum Gasteiger partial charge on any atom is 0.0925 e. The lowest BCUT2D eigenvalue weighted by atomic mass is 10.1. The summed E-state index contributed by atoms with van der Waals surface area (Å²) in [6.45, 7) is 0. The highest BCUT2D eigenvalue weighted by Crippen LogP contribution is 2.16. The molecule has 2 rings (SSSR count). The van der Waals surface area contributed by atoms with Crippen molar-refractivity contribution >= 4 is 11.6 Å². The first-order valence-electron chi connectivity index (χ1n) is 4.65. The molecule has 0 aliphatic rings. The number of benzene rings is 1. The van der Waals surface area contributed by atoms with Gasteiger partial charge in [-0.25, -0.2) is 4.68 Å². The van der Waals surface area contributed by atoms with Crippen molar-refractivity contribution in [3.8, 4) is 5.69 Å². The highest BCUT2D eigenvalue weighted by atomic mass is 35.5. The summed E-state index contributed by atoms with van der Waals surface area (Å²) in [5, 5.41) is 13.6. The molecule has 1 unspecified atom stereocenters. The average Bonchev–Trinajstić information content (AvgIpc) is 2.82. The van der Waals surface area contributed by atoms with E-state index < -0.39 is 6.10 Å². The van der Waals surface area contributed by atoms with Crippen LogP contribution >= 0.6 is 11.6 Å². The van der Waals surface area contributed by atoms with Crippen LogP contribution in [0.15, 0.2) is 42.7 Å². The van der Waals surface area contributed by atoms with Gasteiger partial charge in [0.1, 0.15) is 0 Å². The summed E-state index contributed by atoms with van der Waals surface area (Å²) in [4.78, 5) is 0. The Hall–Kier alpha value is -1.32. The smallest absolute Gasteiger partial charge is 0.0925 e. The topological polar surface area (TPSA) is 38.0 Å². The van der Waals surface area contributed by atoms with E-state index in [1.54, 1.807) is 10.9 Å². The van der Waals surface area contributed by atoms with Crippen molar-refractivity contribution in [2.45, 2.75) is 6.10 Å². The van der Waals surface area contributed by atoms with Gasteiger partial charge in [0, 0.05) is 12.4 Å². The van der Waals surface area contributed by atoms with Gasteiger partial charge >= 0.3 is 0 Å². The number of nitrogens with zero attached hydrogens (tertiary/aromatic N) is 2. The molecule has 78 valence electrons. The van der Waals surface area contributed by atoms with Crippen molar-refractivity contribution in [1.82, 2.24) is 9.78 Å². The van der Waals surface area contributed by atoms with Crippen LogP contribution in [0.3, 0.4) is 0 Å². The Morgan fingerprint density at radius 2 is 2.07 bits per heavy atom. The van der Waals surface area contributed by atoms with Crippen molar-refractivity contribution in [3.05, 3.63) is 48.3 Å². The van der Waals surface area contributed by atoms with E-state index in [2.05, 4.69) is 5.10 Å². The highest BCUT2D eigenvalue weighted by molar-refractivity contribution is 6.18. The van der Waals surface area contributed by atoms with Gasteiger partial charge < -0.3 is 5.11 Å². The maximum atomic E-state index is 9.50. The van der Waals surface area contributed by atoms with E-state index in [1.165, 1.54) is 0 Å². The standard InChI is InChI=1S/C11H11ClN2O/c12-8-11(15)9-2-4-10(5-3-9)14-7-1-6-13-14/h1-7,11,15H,8H2. The molecule has 1 heterocycles. The number of aliphatic hydroxyl groups is 1. The summed E-state index contributed by atoms with van der Waals surface area (Å²) in [5.74, 6) is 0.209. The summed E-state index contributed by atoms with van der Waals surface area (Å²) >= 11 is 5.56. The summed E-state index contributed by atoms with van der Waals surface area (Å²) in [5.41, 5.74) is 1.78. The number of aliphatic hydroxyl groups excluding tert-OH is 1. The molecule has 0 bridgehead atoms. The molecule has 0 saturated heterocycles. The summed E-state index contributed by atoms with van der Waals surface area (Å²) in [6.07, 6.45) is 2.99. The zero-order chi connectivity index (χ0) is 10.7. The molecule has 2 aromatic rings. The first-order valence-corrected chi connectivity index (χ1v) is 5.18. The zero-order valence-electron chi connectivity index (χ0n) is 8.05. The van der Waals surface area contributed by atoms with E-state index in [0.717, 1.165) is 11.3 Å². The highest BCUT2D eigenvalue weighted by Gasteiger charge is 2.05. The normalized spacial score (nSPS) is 12.7. The minimum Gasteiger partial charge on any atom is -0.387 e. The second-order valence-electron chi connectivity index (χ2n) is 3.21. The van der Waals surface area contributed by atoms with Crippen molar-refractivity contribution in [2.75, 3.05) is 5.88 Å². The molecule has 0 fully saturated rings. The predicted octanol–water partition coefficient (Wildman–Crippen LogP) is 2.14. The second-order valence-corrected chi connectivity index (χ2v) is 3.52. The number of aromatic nitrogens is 2. The van der Waals surface area contributed by atoms with Crippen LogP contribution in [0.25, 0.3) is 5.69 Å². The Balaban J connectivity index is 2.25. The second kappa shape index (κ2) is 4.47. The minimum atomic E-state index is -0.599. The Morgan fingerprint density at radius 1 is 1.33 bits per heavy atom. The van der Waals surface area contributed by atoms with Gasteiger partial charge in [0.2, 0.25) is 0 Å². The molecule has 15 heavy (non-hydrogen) atoms. The largest absolute Gasteiger partial charge is 0.387 e. The summed E-state index contributed by atoms with van der Waals surface area (Å²) in [6, 6.07) is 9.37. The van der Waals surface area contributed by atoms with Crippen LogP contribution in [-0.4, -0.2) is 20.8 Å². The number of alkyl halides is 1. The Bertz CT molecular complexity index is 411. The van der Waals surface area contributed by atoms with Crippen LogP contribution in [0.1, 0.15) is 11.7 Å². The Kier molecular flexibility index (Phi) is 3.04. The van der Waals surface area contributed by atoms with E-state index in [9.17, 15) is 5.11 Å². The van der Waals surface area contributed by atoms with Crippen LogP contribution < -0.4 is 0 Å². The molecule has 1 N–H and O–H groups in total. The lowest BCUT2D eigenvalue weighted by Crippen LogP contribution is -1.99. The van der Waals surface area contributed by atoms with Gasteiger partial charge in [-0.15, -0.1) is 11.6 Å². The van der Waals surface area contributed by atoms with Crippen molar-refractivity contribution in [2.24, 2.45) is 0 Å². The first-order chi connectivity index (χ1) is 7.31. The third-order valence-corrected chi connectivity index (χ3v) is 2.49. The Morgan fingerprint density at radius 3 is 2.60 bits per heavy atom. The summed E-state index contributed by atoms with van der Waals surface area (Å²) in [7, 11) is 0. The minimum absolute atomic E-state index is 0.209. The molecule has 0 spiro atoms. The van der Waals surface area contributed by atoms with E-state index in [4.69, 9.17) is 11.6 Å². The SMILES string of the molecule is OC(CCl)c1ccc(-n2cccn2)cc1. The molecule has 1 atom stereocenters. The Labute approximate surface area is 92.9 Å². The molecule has 0 aliphatic carbocycles. The molecule has 3 nitrogen and oxygen atoms in total. The molecule has 0 saturated carbocycles. The van der Waals surface area contributed by atoms with Gasteiger partial charge in [-0.3, -0.25) is 0 Å². The van der Waals surface area contributed by atoms with Crippen molar-refractivity contribution in [1.29, 1.82) is 0 Å². The first kappa shape index (κ1) is 10.2. The molecule has 0 radical (unpaired) electrons. The lowest BCUT2D eigenvalue weighted by Gasteiger charge is -2.07. The van der Waals surface area contributed by atoms with Crippen LogP contribution in [0.5, 0.6) is 0 Å². The van der Waals surface area contributed by atoms with E-state index in [1.807, 2.05) is 36.5 Å². The fourth-order valence-electron chi connectivity index (χ4n) is 1.36. The van der Waals surface area contributed by atoms with Crippen LogP contribution in [0.2, 0.25) is 0 Å². The van der Waals surface area contributed by atoms with Crippen LogP contribution in [0.4, 0.5) is 0 Å². The quantitative estimate of drug-likeness (QED) is 0.809. The number of hydrogen-bond acceptors (Lipinski definition) is 2. The van der Waals surface area contributed by atoms with E-state index >= 15 is 0 Å². The molecular weight excluding hydrogens is 212 g/mol. The molecule has 1 aromatic heterocycles. The summed E-state index contributed by atoms with van der Waals surface area (Å²) < 4.78 is 1.76. The molecule has 4 heteroatoms. The average molecular weight is 223 g/mol. The van der Waals surface area contributed by atoms with Gasteiger partial charge in [0.25, 0.3) is 0 Å². The maximum absolute atomic E-state index is 9.50. The number of halogens is 1. The monoisotopic (exact) mass is 222 g/mol. The van der Waals surface area contributed by atoms with E-state index in [-0.39, 0.29) is 5.88 Å². The van der Waals surface area contributed by atoms with Crippen LogP contribution in [0, 0.1) is 0 Å². The third kappa shape index (κ3) is 2.19. The van der Waals surface area contributed by atoms with Gasteiger partial charge in [0.05, 0.1) is 17.7 Å². The van der Waals surface area contributed by atoms with Gasteiger partial charge in [-0.2, -0.15) is 5.10 Å². The zero-order valence-corrected chi connectivity index (χ0v) is 8.80. The molecule has 1 aromatic carbocycles. The van der Waals surface area contributed by atoms with Gasteiger partial charge in [-0.1, -0.05) is 12.1 Å². The van der Waals surface area contributed by atoms with Crippen molar-refractivity contribution < 1.29 is 5.11 Å². The van der Waals surface area contributed by atoms with E-state index in [0.29, 0.717) is 0 Å². The predicted molar refractivity (Wildman–Crippen MR) is 59.2 cm³/mol. The fraction of sp³-hybridized carbons (Fsp3) is 0.182. The van der Waals surface area contributed by atoms with Crippen LogP contribution in [-0.2, 0) is 0 Å². The van der Waals surface area contributed by atoms with Gasteiger partial charge in [-0.05, 0) is 23.8 Å². The molecular formula is C11H11ClN2O. The molecule has 0 amide bonds. The van der Waals surface area contributed by atoms with Crippen molar-refractivity contribution in [3.63, 3.8) is 0 Å². The third-order valence-electron chi connectivity index (χ3n) is 2.19. The van der Waals surface area contributed by atoms with Gasteiger partial charge in [0.15, 0.2) is 0 Å². The lowest BCUT2D eigenvalue weighted by molar-refractivity contribution is 0.202. The fourth-order valence-corrected chi connectivity index (χ4v) is 1.54.